The second-order valence-electron chi connectivity index (χ2n) is 8.32. The number of hydrogen-bond acceptors (Lipinski definition) is 16. The average molecular weight is 643 g/mol. The summed E-state index contributed by atoms with van der Waals surface area (Å²) in [4.78, 5) is 70.9. The number of aliphatic carboxylic acids is 2. The van der Waals surface area contributed by atoms with Crippen molar-refractivity contribution in [3.05, 3.63) is 22.3 Å². The molecule has 0 aromatic carbocycles. The summed E-state index contributed by atoms with van der Waals surface area (Å²) in [5.41, 5.74) is 5.29. The first-order valence-electron chi connectivity index (χ1n) is 11.6. The molecule has 0 spiro atoms. The van der Waals surface area contributed by atoms with Gasteiger partial charge in [-0.1, -0.05) is 16.9 Å². The molecule has 3 amide bonds. The van der Waals surface area contributed by atoms with Gasteiger partial charge in [0.25, 0.3) is 11.8 Å². The number of oxime groups is 1. The molecule has 0 aliphatic carbocycles. The minimum absolute atomic E-state index is 0.0111. The van der Waals surface area contributed by atoms with Crippen molar-refractivity contribution in [1.29, 1.82) is 0 Å². The number of fused-ring (bicyclic) bond motifs is 1. The Labute approximate surface area is 247 Å². The molecule has 19 nitrogen and oxygen atoms in total. The SMILES string of the molecule is CON=C(C(=O)N[C@@H]1C(=O)N2C(C(=O)O)=C(CSc3nnnn3C)CS[C@@H]12)c1csc(NC(=O)OC[C@@H](N)C(=O)O)n1. The lowest BCUT2D eigenvalue weighted by molar-refractivity contribution is -0.150. The van der Waals surface area contributed by atoms with Crippen LogP contribution >= 0.6 is 34.9 Å². The van der Waals surface area contributed by atoms with E-state index in [9.17, 15) is 29.1 Å². The van der Waals surface area contributed by atoms with E-state index in [4.69, 9.17) is 20.4 Å². The first-order valence-corrected chi connectivity index (χ1v) is 14.5. The molecule has 0 saturated carbocycles. The molecular weight excluding hydrogens is 620 g/mol. The topological polar surface area (TPSA) is 266 Å². The quantitative estimate of drug-likeness (QED) is 0.0763. The highest BCUT2D eigenvalue weighted by molar-refractivity contribution is 8.01. The van der Waals surface area contributed by atoms with Crippen LogP contribution in [0.3, 0.4) is 0 Å². The lowest BCUT2D eigenvalue weighted by Crippen LogP contribution is -2.71. The Bertz CT molecular complexity index is 1470. The molecule has 4 rings (SSSR count). The van der Waals surface area contributed by atoms with E-state index in [1.165, 1.54) is 40.7 Å². The molecule has 0 bridgehead atoms. The summed E-state index contributed by atoms with van der Waals surface area (Å²) in [6, 6.07) is -2.46. The summed E-state index contributed by atoms with van der Waals surface area (Å²) in [6.07, 6.45) is -1.02. The molecule has 22 heteroatoms. The highest BCUT2D eigenvalue weighted by Crippen LogP contribution is 2.41. The van der Waals surface area contributed by atoms with Gasteiger partial charge in [0.15, 0.2) is 10.8 Å². The second kappa shape index (κ2) is 13.1. The summed E-state index contributed by atoms with van der Waals surface area (Å²) in [6.45, 7) is -0.581. The van der Waals surface area contributed by atoms with Crippen LogP contribution in [0.1, 0.15) is 5.69 Å². The van der Waals surface area contributed by atoms with Gasteiger partial charge in [-0.3, -0.25) is 24.6 Å². The van der Waals surface area contributed by atoms with E-state index in [0.29, 0.717) is 10.7 Å². The van der Waals surface area contributed by atoms with Crippen molar-refractivity contribution >= 4 is 75.6 Å². The molecule has 6 N–H and O–H groups in total. The van der Waals surface area contributed by atoms with Gasteiger partial charge in [0.2, 0.25) is 5.16 Å². The number of amides is 3. The van der Waals surface area contributed by atoms with Gasteiger partial charge < -0.3 is 30.8 Å². The van der Waals surface area contributed by atoms with Gasteiger partial charge in [0.05, 0.1) is 0 Å². The molecule has 1 fully saturated rings. The van der Waals surface area contributed by atoms with Gasteiger partial charge in [-0.2, -0.15) is 0 Å². The zero-order valence-electron chi connectivity index (χ0n) is 21.6. The molecule has 0 radical (unpaired) electrons. The number of hydrogen-bond donors (Lipinski definition) is 5. The normalized spacial score (nSPS) is 19.0. The zero-order chi connectivity index (χ0) is 30.6. The van der Waals surface area contributed by atoms with Crippen LogP contribution in [0.15, 0.2) is 27.0 Å². The number of carbonyl (C=O) groups excluding carboxylic acids is 3. The van der Waals surface area contributed by atoms with E-state index in [2.05, 4.69) is 36.3 Å². The van der Waals surface area contributed by atoms with Crippen molar-refractivity contribution in [3.8, 4) is 0 Å². The predicted octanol–water partition coefficient (Wildman–Crippen LogP) is -1.49. The zero-order valence-corrected chi connectivity index (χ0v) is 24.1. The number of carboxylic acids is 2. The molecule has 4 heterocycles. The fourth-order valence-electron chi connectivity index (χ4n) is 3.60. The number of nitrogens with two attached hydrogens (primary N) is 1. The summed E-state index contributed by atoms with van der Waals surface area (Å²) >= 11 is 3.41. The molecule has 2 aliphatic heterocycles. The summed E-state index contributed by atoms with van der Waals surface area (Å²) in [5.74, 6) is -3.57. The number of thioether (sulfide) groups is 2. The maximum absolute atomic E-state index is 13.1. The number of β-lactam (4-membered cyclic amide) rings is 1. The third-order valence-electron chi connectivity index (χ3n) is 5.56. The van der Waals surface area contributed by atoms with E-state index in [0.717, 1.165) is 16.2 Å². The first-order chi connectivity index (χ1) is 20.0. The predicted molar refractivity (Wildman–Crippen MR) is 145 cm³/mol. The lowest BCUT2D eigenvalue weighted by atomic mass is 10.0. The Hall–Kier alpha value is -4.28. The number of ether oxygens (including phenoxy) is 1. The fraction of sp³-hybridized carbons (Fsp3) is 0.400. The van der Waals surface area contributed by atoms with E-state index in [1.807, 2.05) is 0 Å². The van der Waals surface area contributed by atoms with Crippen LogP contribution in [0.5, 0.6) is 0 Å². The number of thiazole rings is 1. The second-order valence-corrected chi connectivity index (χ2v) is 11.2. The van der Waals surface area contributed by atoms with Crippen LogP contribution in [-0.2, 0) is 35.8 Å². The number of carboxylic acid groups (broad SMARTS) is 2. The Balaban J connectivity index is 1.40. The van der Waals surface area contributed by atoms with Gasteiger partial charge >= 0.3 is 18.0 Å². The van der Waals surface area contributed by atoms with Crippen molar-refractivity contribution < 1.29 is 43.8 Å². The lowest BCUT2D eigenvalue weighted by Gasteiger charge is -2.49. The van der Waals surface area contributed by atoms with Crippen molar-refractivity contribution in [2.24, 2.45) is 17.9 Å². The largest absolute Gasteiger partial charge is 0.480 e. The van der Waals surface area contributed by atoms with Crippen molar-refractivity contribution in [1.82, 2.24) is 35.4 Å². The van der Waals surface area contributed by atoms with Gasteiger partial charge in [0, 0.05) is 23.9 Å². The molecule has 3 atom stereocenters. The van der Waals surface area contributed by atoms with Crippen molar-refractivity contribution in [3.63, 3.8) is 0 Å². The van der Waals surface area contributed by atoms with Gasteiger partial charge in [0.1, 0.15) is 42.6 Å². The van der Waals surface area contributed by atoms with E-state index < -0.39 is 53.9 Å². The van der Waals surface area contributed by atoms with Crippen LogP contribution in [-0.4, -0.2) is 119 Å². The maximum atomic E-state index is 13.1. The summed E-state index contributed by atoms with van der Waals surface area (Å²) < 4.78 is 6.16. The van der Waals surface area contributed by atoms with Gasteiger partial charge in [-0.25, -0.2) is 19.3 Å². The summed E-state index contributed by atoms with van der Waals surface area (Å²) in [5, 5.41) is 39.4. The Morgan fingerprint density at radius 3 is 2.74 bits per heavy atom. The number of carbonyl (C=O) groups is 5. The standard InChI is InChI=1S/C20H22N10O9S3/c1-29-19(25-27-28-29)42-5-7-4-40-15-11(14(32)30(15)12(7)17(35)36)23-13(31)10(26-38-2)9-6-41-18(22-9)24-20(37)39-3-8(21)16(33)34/h6,8,11,15H,3-5,21H2,1-2H3,(H,23,31)(H,33,34)(H,35,36)(H,22,24,37)/t8-,11-,15+/m1/s1. The number of aryl methyl sites for hydroxylation is 1. The van der Waals surface area contributed by atoms with Crippen LogP contribution in [0.2, 0.25) is 0 Å². The Kier molecular flexibility index (Phi) is 9.59. The third-order valence-corrected chi connectivity index (χ3v) is 8.75. The molecule has 42 heavy (non-hydrogen) atoms. The van der Waals surface area contributed by atoms with E-state index in [1.54, 1.807) is 7.05 Å². The Morgan fingerprint density at radius 2 is 2.10 bits per heavy atom. The third kappa shape index (κ3) is 6.61. The maximum Gasteiger partial charge on any atom is 0.413 e. The van der Waals surface area contributed by atoms with Crippen LogP contribution in [0.4, 0.5) is 9.93 Å². The van der Waals surface area contributed by atoms with E-state index >= 15 is 0 Å². The highest BCUT2D eigenvalue weighted by atomic mass is 32.2. The molecule has 0 unspecified atom stereocenters. The number of tetrazole rings is 1. The monoisotopic (exact) mass is 642 g/mol. The van der Waals surface area contributed by atoms with Gasteiger partial charge in [-0.15, -0.1) is 28.2 Å². The molecule has 224 valence electrons. The molecule has 2 aromatic rings. The number of nitrogens with one attached hydrogen (secondary N) is 2. The molecule has 2 aromatic heterocycles. The molecule has 2 aliphatic rings. The fourth-order valence-corrected chi connectivity index (χ4v) is 6.61. The van der Waals surface area contributed by atoms with Crippen LogP contribution in [0.25, 0.3) is 0 Å². The summed E-state index contributed by atoms with van der Waals surface area (Å²) in [7, 11) is 2.84. The van der Waals surface area contributed by atoms with Crippen molar-refractivity contribution in [2.75, 3.05) is 30.5 Å². The van der Waals surface area contributed by atoms with Gasteiger partial charge in [-0.05, 0) is 16.0 Å². The highest BCUT2D eigenvalue weighted by Gasteiger charge is 2.54. The molecular formula is C20H22N10O9S3. The van der Waals surface area contributed by atoms with Crippen LogP contribution in [0, 0.1) is 0 Å². The molecule has 1 saturated heterocycles. The van der Waals surface area contributed by atoms with Crippen molar-refractivity contribution in [2.45, 2.75) is 22.6 Å². The van der Waals surface area contributed by atoms with E-state index in [-0.39, 0.29) is 33.7 Å². The first kappa shape index (κ1) is 30.7. The Morgan fingerprint density at radius 1 is 1.33 bits per heavy atom. The average Bonchev–Trinajstić information content (AvgIpc) is 3.59. The number of aromatic nitrogens is 5. The number of anilines is 1. The smallest absolute Gasteiger partial charge is 0.413 e. The minimum atomic E-state index is -1.41. The number of rotatable bonds is 12. The minimum Gasteiger partial charge on any atom is -0.480 e. The van der Waals surface area contributed by atoms with Crippen LogP contribution < -0.4 is 16.4 Å². The number of nitrogens with zero attached hydrogens (tertiary/aromatic N) is 7.